The molecule has 1 aliphatic rings. The van der Waals surface area contributed by atoms with E-state index in [1.165, 1.54) is 18.3 Å². The number of anilines is 1. The Balaban J connectivity index is 1.93. The maximum atomic E-state index is 14.2. The number of nitrogens with two attached hydrogens (primary N) is 1. The van der Waals surface area contributed by atoms with Gasteiger partial charge < -0.3 is 5.32 Å². The number of amides is 1. The summed E-state index contributed by atoms with van der Waals surface area (Å²) in [5.74, 6) is -0.247. The zero-order chi connectivity index (χ0) is 16.6. The van der Waals surface area contributed by atoms with Crippen molar-refractivity contribution in [3.8, 4) is 11.1 Å². The first kappa shape index (κ1) is 15.5. The summed E-state index contributed by atoms with van der Waals surface area (Å²) in [6.45, 7) is -0.237. The lowest BCUT2D eigenvalue weighted by atomic mass is 9.99. The molecule has 0 radical (unpaired) electrons. The number of rotatable bonds is 4. The van der Waals surface area contributed by atoms with Crippen LogP contribution in [0.5, 0.6) is 0 Å². The molecule has 0 saturated carbocycles. The van der Waals surface area contributed by atoms with Gasteiger partial charge in [-0.25, -0.2) is 14.5 Å². The van der Waals surface area contributed by atoms with Crippen LogP contribution in [0.1, 0.15) is 11.1 Å². The quantitative estimate of drug-likeness (QED) is 0.761. The molecule has 7 nitrogen and oxygen atoms in total. The van der Waals surface area contributed by atoms with Crippen molar-refractivity contribution in [3.05, 3.63) is 47.4 Å². The van der Waals surface area contributed by atoms with Crippen molar-refractivity contribution in [3.63, 3.8) is 0 Å². The first-order chi connectivity index (χ1) is 10.8. The van der Waals surface area contributed by atoms with Gasteiger partial charge in [-0.15, -0.1) is 0 Å². The second kappa shape index (κ2) is 5.69. The minimum absolute atomic E-state index is 0.158. The minimum Gasteiger partial charge on any atom is -0.310 e. The highest BCUT2D eigenvalue weighted by Crippen LogP contribution is 2.32. The number of benzene rings is 1. The van der Waals surface area contributed by atoms with Crippen LogP contribution in [-0.4, -0.2) is 19.3 Å². The van der Waals surface area contributed by atoms with Gasteiger partial charge in [-0.2, -0.15) is 13.1 Å². The second-order valence-corrected chi connectivity index (χ2v) is 6.46. The average molecular weight is 336 g/mol. The lowest BCUT2D eigenvalue weighted by Gasteiger charge is -2.09. The van der Waals surface area contributed by atoms with Gasteiger partial charge in [0.1, 0.15) is 11.6 Å². The molecule has 1 aliphatic heterocycles. The number of hydrogen-bond acceptors (Lipinski definition) is 4. The molecule has 23 heavy (non-hydrogen) atoms. The Morgan fingerprint density at radius 3 is 2.83 bits per heavy atom. The summed E-state index contributed by atoms with van der Waals surface area (Å²) in [4.78, 5) is 15.6. The molecule has 1 aromatic carbocycles. The number of carbonyl (C=O) groups is 1. The van der Waals surface area contributed by atoms with Crippen molar-refractivity contribution in [2.75, 3.05) is 5.32 Å². The van der Waals surface area contributed by atoms with Crippen molar-refractivity contribution in [1.82, 2.24) is 9.71 Å². The molecule has 0 aliphatic carbocycles. The zero-order valence-corrected chi connectivity index (χ0v) is 12.7. The molecule has 0 unspecified atom stereocenters. The predicted molar refractivity (Wildman–Crippen MR) is 81.9 cm³/mol. The van der Waals surface area contributed by atoms with E-state index in [0.29, 0.717) is 22.5 Å². The van der Waals surface area contributed by atoms with Crippen LogP contribution in [0.2, 0.25) is 0 Å². The van der Waals surface area contributed by atoms with Crippen molar-refractivity contribution in [1.29, 1.82) is 0 Å². The number of fused-ring (bicyclic) bond motifs is 1. The van der Waals surface area contributed by atoms with E-state index in [1.807, 2.05) is 4.72 Å². The molecule has 2 heterocycles. The minimum atomic E-state index is -3.89. The summed E-state index contributed by atoms with van der Waals surface area (Å²) >= 11 is 0. The summed E-state index contributed by atoms with van der Waals surface area (Å²) in [6, 6.07) is 6.12. The largest absolute Gasteiger partial charge is 0.310 e. The normalized spacial score (nSPS) is 13.7. The average Bonchev–Trinajstić information content (AvgIpc) is 2.85. The molecule has 4 N–H and O–H groups in total. The predicted octanol–water partition coefficient (Wildman–Crippen LogP) is 0.675. The molecule has 120 valence electrons. The number of nitrogens with zero attached hydrogens (tertiary/aromatic N) is 1. The van der Waals surface area contributed by atoms with Gasteiger partial charge in [0.15, 0.2) is 0 Å². The molecule has 9 heteroatoms. The van der Waals surface area contributed by atoms with Crippen molar-refractivity contribution >= 4 is 21.9 Å². The van der Waals surface area contributed by atoms with Crippen LogP contribution in [0.15, 0.2) is 30.5 Å². The molecule has 0 bridgehead atoms. The lowest BCUT2D eigenvalue weighted by molar-refractivity contribution is -0.115. The summed E-state index contributed by atoms with van der Waals surface area (Å²) < 4.78 is 37.9. The van der Waals surface area contributed by atoms with Gasteiger partial charge in [0.05, 0.1) is 6.42 Å². The van der Waals surface area contributed by atoms with E-state index in [9.17, 15) is 17.6 Å². The maximum absolute atomic E-state index is 14.2. The third-order valence-corrected chi connectivity index (χ3v) is 4.03. The molecular formula is C14H13FN4O3S. The first-order valence-electron chi connectivity index (χ1n) is 6.67. The highest BCUT2D eigenvalue weighted by Gasteiger charge is 2.22. The van der Waals surface area contributed by atoms with Gasteiger partial charge in [0, 0.05) is 23.9 Å². The van der Waals surface area contributed by atoms with Gasteiger partial charge in [-0.1, -0.05) is 12.1 Å². The third kappa shape index (κ3) is 3.36. The van der Waals surface area contributed by atoms with Crippen LogP contribution in [0.25, 0.3) is 11.1 Å². The second-order valence-electron chi connectivity index (χ2n) is 5.08. The van der Waals surface area contributed by atoms with E-state index in [1.54, 1.807) is 12.1 Å². The lowest BCUT2D eigenvalue weighted by Crippen LogP contribution is -2.30. The number of nitrogens with one attached hydrogen (secondary N) is 2. The van der Waals surface area contributed by atoms with Crippen LogP contribution in [0.3, 0.4) is 0 Å². The van der Waals surface area contributed by atoms with Crippen molar-refractivity contribution in [2.24, 2.45) is 5.14 Å². The van der Waals surface area contributed by atoms with E-state index in [2.05, 4.69) is 10.3 Å². The zero-order valence-electron chi connectivity index (χ0n) is 11.8. The smallest absolute Gasteiger partial charge is 0.274 e. The molecule has 3 rings (SSSR count). The number of carbonyl (C=O) groups excluding carboxylic acids is 1. The molecule has 1 amide bonds. The van der Waals surface area contributed by atoms with Crippen molar-refractivity contribution in [2.45, 2.75) is 13.0 Å². The van der Waals surface area contributed by atoms with Gasteiger partial charge in [0.2, 0.25) is 5.91 Å². The van der Waals surface area contributed by atoms with Crippen LogP contribution in [0, 0.1) is 5.82 Å². The maximum Gasteiger partial charge on any atom is 0.274 e. The highest BCUT2D eigenvalue weighted by molar-refractivity contribution is 7.87. The SMILES string of the molecule is NS(=O)(=O)NCc1ccc(-c2ccnc3c2CC(=O)N3)cc1F. The van der Waals surface area contributed by atoms with Crippen molar-refractivity contribution < 1.29 is 17.6 Å². The van der Waals surface area contributed by atoms with E-state index in [0.717, 1.165) is 0 Å². The Bertz CT molecular complexity index is 899. The van der Waals surface area contributed by atoms with E-state index < -0.39 is 16.0 Å². The molecular weight excluding hydrogens is 323 g/mol. The fourth-order valence-corrected chi connectivity index (χ4v) is 2.78. The Kier molecular flexibility index (Phi) is 3.84. The van der Waals surface area contributed by atoms with Crippen LogP contribution in [0.4, 0.5) is 10.2 Å². The Hall–Kier alpha value is -2.36. The monoisotopic (exact) mass is 336 g/mol. The van der Waals surface area contributed by atoms with Gasteiger partial charge in [-0.05, 0) is 23.3 Å². The van der Waals surface area contributed by atoms with Crippen LogP contribution < -0.4 is 15.2 Å². The van der Waals surface area contributed by atoms with E-state index in [-0.39, 0.29) is 24.4 Å². The van der Waals surface area contributed by atoms with Crippen LogP contribution in [-0.2, 0) is 28.0 Å². The highest BCUT2D eigenvalue weighted by atomic mass is 32.2. The molecule has 0 atom stereocenters. The van der Waals surface area contributed by atoms with Crippen LogP contribution >= 0.6 is 0 Å². The fraction of sp³-hybridized carbons (Fsp3) is 0.143. The van der Waals surface area contributed by atoms with E-state index in [4.69, 9.17) is 5.14 Å². The summed E-state index contributed by atoms with van der Waals surface area (Å²) in [5.41, 5.74) is 2.17. The Morgan fingerprint density at radius 1 is 1.35 bits per heavy atom. The van der Waals surface area contributed by atoms with Gasteiger partial charge >= 0.3 is 0 Å². The number of aromatic nitrogens is 1. The molecule has 2 aromatic rings. The Labute approximate surface area is 131 Å². The van der Waals surface area contributed by atoms with Gasteiger partial charge in [-0.3, -0.25) is 4.79 Å². The van der Waals surface area contributed by atoms with Gasteiger partial charge in [0.25, 0.3) is 10.2 Å². The fourth-order valence-electron chi connectivity index (χ4n) is 2.42. The van der Waals surface area contributed by atoms with E-state index >= 15 is 0 Å². The topological polar surface area (TPSA) is 114 Å². The number of pyridine rings is 1. The summed E-state index contributed by atoms with van der Waals surface area (Å²) in [6.07, 6.45) is 1.73. The molecule has 0 spiro atoms. The standard InChI is InChI=1S/C14H13FN4O3S/c15-12-5-8(1-2-9(12)7-18-23(16,21)22)10-3-4-17-14-11(10)6-13(20)19-14/h1-5,18H,6-7H2,(H2,16,21,22)(H,17,19,20). The molecule has 0 saturated heterocycles. The molecule has 1 aromatic heterocycles. The summed E-state index contributed by atoms with van der Waals surface area (Å²) in [5, 5.41) is 7.46. The number of halogens is 1. The Morgan fingerprint density at radius 2 is 2.13 bits per heavy atom. The summed E-state index contributed by atoms with van der Waals surface area (Å²) in [7, 11) is -3.89. The molecule has 0 fully saturated rings. The number of hydrogen-bond donors (Lipinski definition) is 3. The first-order valence-corrected chi connectivity index (χ1v) is 8.22. The third-order valence-electron chi connectivity index (χ3n) is 3.48.